The van der Waals surface area contributed by atoms with E-state index in [1.807, 2.05) is 24.3 Å². The van der Waals surface area contributed by atoms with Crippen LogP contribution in [0.2, 0.25) is 0 Å². The van der Waals surface area contributed by atoms with Gasteiger partial charge in [-0.15, -0.1) is 0 Å². The smallest absolute Gasteiger partial charge is 0.306 e. The van der Waals surface area contributed by atoms with Gasteiger partial charge in [-0.3, -0.25) is 14.4 Å². The highest BCUT2D eigenvalue weighted by Gasteiger charge is 2.19. The Morgan fingerprint density at radius 3 is 0.984 bits per heavy atom. The van der Waals surface area contributed by atoms with Crippen LogP contribution in [-0.2, 0) is 28.6 Å². The predicted molar refractivity (Wildman–Crippen MR) is 269 cm³/mol. The summed E-state index contributed by atoms with van der Waals surface area (Å²) >= 11 is 0. The summed E-state index contributed by atoms with van der Waals surface area (Å²) in [5.41, 5.74) is 0. The summed E-state index contributed by atoms with van der Waals surface area (Å²) in [6, 6.07) is 0. The normalized spacial score (nSPS) is 13.4. The number of carbonyl (C=O) groups is 3. The van der Waals surface area contributed by atoms with E-state index in [1.165, 1.54) is 12.8 Å². The quantitative estimate of drug-likeness (QED) is 0.0264. The minimum absolute atomic E-state index is 0.143. The van der Waals surface area contributed by atoms with Gasteiger partial charge in [-0.2, -0.15) is 0 Å². The van der Waals surface area contributed by atoms with Crippen molar-refractivity contribution in [2.24, 2.45) is 0 Å². The second-order valence-corrected chi connectivity index (χ2v) is 15.2. The van der Waals surface area contributed by atoms with Gasteiger partial charge in [0.05, 0.1) is 0 Å². The molecule has 0 aliphatic carbocycles. The van der Waals surface area contributed by atoms with Crippen LogP contribution in [0.4, 0.5) is 0 Å². The summed E-state index contributed by atoms with van der Waals surface area (Å²) in [6.45, 7) is 6.11. The van der Waals surface area contributed by atoms with Gasteiger partial charge in [0, 0.05) is 19.3 Å². The third kappa shape index (κ3) is 48.2. The Bertz CT molecular complexity index is 1460. The molecule has 63 heavy (non-hydrogen) atoms. The van der Waals surface area contributed by atoms with Crippen molar-refractivity contribution in [1.82, 2.24) is 0 Å². The number of esters is 3. The molecule has 6 heteroatoms. The van der Waals surface area contributed by atoms with E-state index in [2.05, 4.69) is 142 Å². The van der Waals surface area contributed by atoms with Crippen molar-refractivity contribution in [1.29, 1.82) is 0 Å². The van der Waals surface area contributed by atoms with Crippen LogP contribution in [0.5, 0.6) is 0 Å². The highest BCUT2D eigenvalue weighted by molar-refractivity contribution is 5.71. The van der Waals surface area contributed by atoms with Crippen molar-refractivity contribution in [2.75, 3.05) is 13.2 Å². The SMILES string of the molecule is CC/C=C\C/C=C\C/C=C\C/C=C\CCCCCCCCC(=O)OCC(COC(=O)CC/C=C\C/C=C\C/C=C\C/C=C\CC)OC(=O)CC/C=C\C/C=C\C/C=C\C/C=C\CC. The molecular formula is C57H86O6. The van der Waals surface area contributed by atoms with Gasteiger partial charge in [-0.25, -0.2) is 0 Å². The lowest BCUT2D eigenvalue weighted by Crippen LogP contribution is -2.30. The summed E-state index contributed by atoms with van der Waals surface area (Å²) in [6.07, 6.45) is 71.4. The molecule has 0 aromatic heterocycles. The minimum Gasteiger partial charge on any atom is -0.462 e. The summed E-state index contributed by atoms with van der Waals surface area (Å²) in [5, 5.41) is 0. The molecule has 0 N–H and O–H groups in total. The fraction of sp³-hybridized carbons (Fsp3) is 0.526. The van der Waals surface area contributed by atoms with Crippen LogP contribution in [0.25, 0.3) is 0 Å². The zero-order valence-corrected chi connectivity index (χ0v) is 39.8. The lowest BCUT2D eigenvalue weighted by Gasteiger charge is -2.18. The fourth-order valence-electron chi connectivity index (χ4n) is 5.81. The molecule has 6 nitrogen and oxygen atoms in total. The second-order valence-electron chi connectivity index (χ2n) is 15.2. The first-order valence-electron chi connectivity index (χ1n) is 24.3. The molecule has 0 aromatic carbocycles. The minimum atomic E-state index is -0.856. The van der Waals surface area contributed by atoms with E-state index in [-0.39, 0.29) is 38.0 Å². The van der Waals surface area contributed by atoms with E-state index in [1.54, 1.807) is 0 Å². The topological polar surface area (TPSA) is 78.9 Å². The Morgan fingerprint density at radius 2 is 0.603 bits per heavy atom. The Hall–Kier alpha value is -4.71. The summed E-state index contributed by atoms with van der Waals surface area (Å²) in [7, 11) is 0. The summed E-state index contributed by atoms with van der Waals surface area (Å²) < 4.78 is 16.6. The molecule has 0 radical (unpaired) electrons. The van der Waals surface area contributed by atoms with E-state index >= 15 is 0 Å². The maximum absolute atomic E-state index is 12.7. The molecule has 0 saturated heterocycles. The first-order chi connectivity index (χ1) is 31.0. The molecule has 1 unspecified atom stereocenters. The number of hydrogen-bond donors (Lipinski definition) is 0. The molecule has 0 spiro atoms. The third-order valence-electron chi connectivity index (χ3n) is 9.35. The van der Waals surface area contributed by atoms with Crippen LogP contribution in [0.15, 0.2) is 146 Å². The monoisotopic (exact) mass is 867 g/mol. The molecule has 1 atom stereocenters. The molecule has 0 aliphatic rings. The van der Waals surface area contributed by atoms with E-state index in [4.69, 9.17) is 14.2 Å². The summed E-state index contributed by atoms with van der Waals surface area (Å²) in [5.74, 6) is -1.14. The zero-order chi connectivity index (χ0) is 45.8. The largest absolute Gasteiger partial charge is 0.462 e. The summed E-state index contributed by atoms with van der Waals surface area (Å²) in [4.78, 5) is 37.8. The first-order valence-corrected chi connectivity index (χ1v) is 24.3. The van der Waals surface area contributed by atoms with Crippen LogP contribution in [0.1, 0.15) is 175 Å². The Morgan fingerprint density at radius 1 is 0.317 bits per heavy atom. The van der Waals surface area contributed by atoms with Gasteiger partial charge in [0.15, 0.2) is 6.10 Å². The fourth-order valence-corrected chi connectivity index (χ4v) is 5.81. The molecular weight excluding hydrogens is 781 g/mol. The predicted octanol–water partition coefficient (Wildman–Crippen LogP) is 16.1. The lowest BCUT2D eigenvalue weighted by molar-refractivity contribution is -0.166. The second kappa shape index (κ2) is 49.9. The maximum Gasteiger partial charge on any atom is 0.306 e. The van der Waals surface area contributed by atoms with E-state index in [9.17, 15) is 14.4 Å². The molecule has 0 fully saturated rings. The number of ether oxygens (including phenoxy) is 3. The van der Waals surface area contributed by atoms with Crippen molar-refractivity contribution < 1.29 is 28.6 Å². The van der Waals surface area contributed by atoms with Crippen LogP contribution < -0.4 is 0 Å². The van der Waals surface area contributed by atoms with E-state index in [0.29, 0.717) is 19.3 Å². The van der Waals surface area contributed by atoms with Gasteiger partial charge in [0.25, 0.3) is 0 Å². The van der Waals surface area contributed by atoms with Crippen molar-refractivity contribution in [3.8, 4) is 0 Å². The Balaban J connectivity index is 4.58. The highest BCUT2D eigenvalue weighted by Crippen LogP contribution is 2.11. The molecule has 0 heterocycles. The average molecular weight is 867 g/mol. The standard InChI is InChI=1S/C57H86O6/c1-4-7-10-13-16-19-22-25-26-27-28-29-30-33-35-38-41-44-47-50-56(59)62-53-54(63-57(60)51-48-45-42-39-36-32-24-21-18-15-12-9-6-3)52-61-55(58)49-46-43-40-37-34-31-23-20-17-14-11-8-5-2/h7-12,16-21,25-26,28-29,31-32,34,36,40,42-43,45,54H,4-6,13-15,22-24,27,30,33,35,37-39,41,44,46-53H2,1-3H3/b10-7-,11-8-,12-9-,19-16-,20-17-,21-18-,26-25-,29-28-,34-31-,36-32-,43-40-,45-42-. The number of rotatable bonds is 41. The number of hydrogen-bond acceptors (Lipinski definition) is 6. The number of carbonyl (C=O) groups excluding carboxylic acids is 3. The molecule has 0 aromatic rings. The van der Waals surface area contributed by atoms with Crippen molar-refractivity contribution in [3.63, 3.8) is 0 Å². The zero-order valence-electron chi connectivity index (χ0n) is 39.8. The molecule has 0 rings (SSSR count). The van der Waals surface area contributed by atoms with Crippen LogP contribution >= 0.6 is 0 Å². The van der Waals surface area contributed by atoms with Crippen molar-refractivity contribution >= 4 is 17.9 Å². The van der Waals surface area contributed by atoms with Gasteiger partial charge in [0.2, 0.25) is 0 Å². The van der Waals surface area contributed by atoms with E-state index < -0.39 is 12.1 Å². The lowest BCUT2D eigenvalue weighted by atomic mass is 10.1. The number of unbranched alkanes of at least 4 members (excludes halogenated alkanes) is 6. The van der Waals surface area contributed by atoms with Gasteiger partial charge >= 0.3 is 17.9 Å². The maximum atomic E-state index is 12.7. The first kappa shape index (κ1) is 58.3. The number of allylic oxidation sites excluding steroid dienone is 24. The molecule has 350 valence electrons. The molecule has 0 amide bonds. The van der Waals surface area contributed by atoms with Crippen LogP contribution in [0, 0.1) is 0 Å². The highest BCUT2D eigenvalue weighted by atomic mass is 16.6. The van der Waals surface area contributed by atoms with Gasteiger partial charge in [0.1, 0.15) is 13.2 Å². The van der Waals surface area contributed by atoms with E-state index in [0.717, 1.165) is 109 Å². The Kier molecular flexibility index (Phi) is 46.2. The van der Waals surface area contributed by atoms with Crippen molar-refractivity contribution in [2.45, 2.75) is 181 Å². The molecule has 0 bridgehead atoms. The van der Waals surface area contributed by atoms with Gasteiger partial charge in [-0.05, 0) is 109 Å². The molecule has 0 aliphatic heterocycles. The van der Waals surface area contributed by atoms with Crippen LogP contribution in [-0.4, -0.2) is 37.2 Å². The van der Waals surface area contributed by atoms with Gasteiger partial charge in [-0.1, -0.05) is 192 Å². The van der Waals surface area contributed by atoms with Crippen molar-refractivity contribution in [3.05, 3.63) is 146 Å². The third-order valence-corrected chi connectivity index (χ3v) is 9.35. The molecule has 0 saturated carbocycles. The average Bonchev–Trinajstić information content (AvgIpc) is 3.28. The Labute approximate surface area is 385 Å². The van der Waals surface area contributed by atoms with Gasteiger partial charge < -0.3 is 14.2 Å². The van der Waals surface area contributed by atoms with Crippen LogP contribution in [0.3, 0.4) is 0 Å².